The van der Waals surface area contributed by atoms with Crippen molar-refractivity contribution in [3.05, 3.63) is 51.8 Å². The first-order valence-electron chi connectivity index (χ1n) is 9.62. The van der Waals surface area contributed by atoms with Crippen molar-refractivity contribution < 1.29 is 27.8 Å². The molecule has 9 heteroatoms. The number of piperidine rings is 1. The number of aliphatic hydroxyl groups is 1. The number of carbonyl (C=O) groups is 1. The summed E-state index contributed by atoms with van der Waals surface area (Å²) in [5.41, 5.74) is -0.537. The van der Waals surface area contributed by atoms with Gasteiger partial charge in [-0.1, -0.05) is 15.9 Å². The molecule has 0 spiro atoms. The SMILES string of the molecule is O=C1CCc2c(OCC3(O)CCN(c4ccc(Br)cc4F)CC3)cc(F)c(F)c2N1. The third-order valence-corrected chi connectivity index (χ3v) is 6.09. The Morgan fingerprint density at radius 2 is 1.87 bits per heavy atom. The van der Waals surface area contributed by atoms with Gasteiger partial charge in [0.1, 0.15) is 23.8 Å². The lowest BCUT2D eigenvalue weighted by atomic mass is 9.92. The first kappa shape index (κ1) is 21.0. The second kappa shape index (κ2) is 8.11. The Morgan fingerprint density at radius 1 is 1.13 bits per heavy atom. The normalized spacial score (nSPS) is 18.0. The molecule has 2 aromatic carbocycles. The summed E-state index contributed by atoms with van der Waals surface area (Å²) in [6.45, 7) is 0.726. The zero-order valence-corrected chi connectivity index (χ0v) is 17.6. The first-order valence-corrected chi connectivity index (χ1v) is 10.4. The van der Waals surface area contributed by atoms with Crippen molar-refractivity contribution in [3.63, 3.8) is 0 Å². The standard InChI is InChI=1S/C21H20BrF3N2O3/c22-12-1-3-16(14(23)9-12)27-7-5-21(29,6-8-27)11-30-17-10-15(24)19(25)20-13(17)2-4-18(28)26-20/h1,3,9-10,29H,2,4-8,11H2,(H,26,28). The molecule has 0 saturated carbocycles. The molecule has 5 nitrogen and oxygen atoms in total. The van der Waals surface area contributed by atoms with Crippen LogP contribution in [0.25, 0.3) is 0 Å². The molecule has 0 atom stereocenters. The fourth-order valence-corrected chi connectivity index (χ4v) is 4.18. The molecule has 0 unspecified atom stereocenters. The summed E-state index contributed by atoms with van der Waals surface area (Å²) in [5.74, 6) is -2.86. The Balaban J connectivity index is 1.44. The van der Waals surface area contributed by atoms with E-state index in [-0.39, 0.29) is 42.6 Å². The Hall–Kier alpha value is -2.26. The number of hydrogen-bond acceptors (Lipinski definition) is 4. The average molecular weight is 485 g/mol. The molecule has 0 bridgehead atoms. The number of nitrogens with zero attached hydrogens (tertiary/aromatic N) is 1. The minimum Gasteiger partial charge on any atom is -0.490 e. The van der Waals surface area contributed by atoms with E-state index in [1.54, 1.807) is 12.1 Å². The average Bonchev–Trinajstić information content (AvgIpc) is 2.71. The number of benzene rings is 2. The molecule has 2 aromatic rings. The molecule has 2 aliphatic rings. The van der Waals surface area contributed by atoms with Gasteiger partial charge >= 0.3 is 0 Å². The molecule has 30 heavy (non-hydrogen) atoms. The zero-order valence-electron chi connectivity index (χ0n) is 16.0. The summed E-state index contributed by atoms with van der Waals surface area (Å²) in [4.78, 5) is 13.4. The van der Waals surface area contributed by atoms with E-state index in [1.807, 2.05) is 4.90 Å². The Labute approximate surface area is 180 Å². The predicted molar refractivity (Wildman–Crippen MR) is 109 cm³/mol. The van der Waals surface area contributed by atoms with E-state index >= 15 is 0 Å². The highest BCUT2D eigenvalue weighted by molar-refractivity contribution is 9.10. The maximum Gasteiger partial charge on any atom is 0.224 e. The quantitative estimate of drug-likeness (QED) is 0.683. The summed E-state index contributed by atoms with van der Waals surface area (Å²) >= 11 is 3.23. The van der Waals surface area contributed by atoms with Gasteiger partial charge in [-0.3, -0.25) is 4.79 Å². The number of hydrogen-bond donors (Lipinski definition) is 2. The van der Waals surface area contributed by atoms with Gasteiger partial charge in [0, 0.05) is 35.6 Å². The smallest absolute Gasteiger partial charge is 0.224 e. The van der Waals surface area contributed by atoms with Gasteiger partial charge in [0.15, 0.2) is 11.6 Å². The molecule has 2 N–H and O–H groups in total. The lowest BCUT2D eigenvalue weighted by Gasteiger charge is -2.39. The maximum atomic E-state index is 14.2. The molecule has 4 rings (SSSR count). The number of nitrogens with one attached hydrogen (secondary N) is 1. The molecule has 1 amide bonds. The molecule has 0 aliphatic carbocycles. The molecule has 0 radical (unpaired) electrons. The van der Waals surface area contributed by atoms with Crippen LogP contribution in [0.5, 0.6) is 5.75 Å². The van der Waals surface area contributed by atoms with Crippen molar-refractivity contribution in [2.24, 2.45) is 0 Å². The molecular weight excluding hydrogens is 465 g/mol. The van der Waals surface area contributed by atoms with E-state index < -0.39 is 17.2 Å². The van der Waals surface area contributed by atoms with Crippen LogP contribution < -0.4 is 15.0 Å². The summed E-state index contributed by atoms with van der Waals surface area (Å²) in [7, 11) is 0. The fourth-order valence-electron chi connectivity index (χ4n) is 3.85. The number of amides is 1. The Kier molecular flexibility index (Phi) is 5.67. The van der Waals surface area contributed by atoms with Gasteiger partial charge in [0.2, 0.25) is 5.91 Å². The third kappa shape index (κ3) is 4.13. The highest BCUT2D eigenvalue weighted by Gasteiger charge is 2.35. The van der Waals surface area contributed by atoms with Gasteiger partial charge in [0.25, 0.3) is 0 Å². The van der Waals surface area contributed by atoms with E-state index in [1.165, 1.54) is 6.07 Å². The maximum absolute atomic E-state index is 14.2. The number of ether oxygens (including phenoxy) is 1. The fraction of sp³-hybridized carbons (Fsp3) is 0.381. The number of rotatable bonds is 4. The second-order valence-corrected chi connectivity index (χ2v) is 8.58. The summed E-state index contributed by atoms with van der Waals surface area (Å²) in [5, 5.41) is 13.2. The van der Waals surface area contributed by atoms with Crippen molar-refractivity contribution in [2.45, 2.75) is 31.3 Å². The van der Waals surface area contributed by atoms with Gasteiger partial charge in [-0.05, 0) is 37.5 Å². The van der Waals surface area contributed by atoms with Crippen LogP contribution in [-0.2, 0) is 11.2 Å². The molecule has 0 aromatic heterocycles. The highest BCUT2D eigenvalue weighted by atomic mass is 79.9. The van der Waals surface area contributed by atoms with Crippen LogP contribution in [0.1, 0.15) is 24.8 Å². The lowest BCUT2D eigenvalue weighted by Crippen LogP contribution is -2.48. The molecule has 160 valence electrons. The van der Waals surface area contributed by atoms with Gasteiger partial charge in [-0.25, -0.2) is 13.2 Å². The summed E-state index contributed by atoms with van der Waals surface area (Å²) < 4.78 is 48.5. The van der Waals surface area contributed by atoms with Crippen molar-refractivity contribution in [2.75, 3.05) is 29.9 Å². The lowest BCUT2D eigenvalue weighted by molar-refractivity contribution is -0.116. The van der Waals surface area contributed by atoms with Crippen molar-refractivity contribution in [3.8, 4) is 5.75 Å². The second-order valence-electron chi connectivity index (χ2n) is 7.67. The topological polar surface area (TPSA) is 61.8 Å². The number of carbonyl (C=O) groups excluding carboxylic acids is 1. The van der Waals surface area contributed by atoms with E-state index in [0.29, 0.717) is 41.7 Å². The van der Waals surface area contributed by atoms with E-state index in [9.17, 15) is 23.1 Å². The van der Waals surface area contributed by atoms with Gasteiger partial charge in [0.05, 0.1) is 11.4 Å². The highest BCUT2D eigenvalue weighted by Crippen LogP contribution is 2.36. The molecular formula is C21H20BrF3N2O3. The Bertz CT molecular complexity index is 994. The van der Waals surface area contributed by atoms with Crippen LogP contribution in [0, 0.1) is 17.5 Å². The van der Waals surface area contributed by atoms with Crippen LogP contribution in [0.4, 0.5) is 24.5 Å². The third-order valence-electron chi connectivity index (χ3n) is 5.59. The monoisotopic (exact) mass is 484 g/mol. The van der Waals surface area contributed by atoms with Crippen LogP contribution in [0.2, 0.25) is 0 Å². The van der Waals surface area contributed by atoms with Crippen LogP contribution in [-0.4, -0.2) is 36.3 Å². The van der Waals surface area contributed by atoms with E-state index in [0.717, 1.165) is 6.07 Å². The zero-order chi connectivity index (χ0) is 21.5. The molecule has 2 heterocycles. The van der Waals surface area contributed by atoms with Crippen molar-refractivity contribution >= 4 is 33.2 Å². The number of fused-ring (bicyclic) bond motifs is 1. The van der Waals surface area contributed by atoms with E-state index in [2.05, 4.69) is 21.2 Å². The summed E-state index contributed by atoms with van der Waals surface area (Å²) in [6.07, 6.45) is 1.02. The number of halogens is 4. The van der Waals surface area contributed by atoms with Crippen molar-refractivity contribution in [1.29, 1.82) is 0 Å². The Morgan fingerprint density at radius 3 is 2.57 bits per heavy atom. The van der Waals surface area contributed by atoms with Crippen molar-refractivity contribution in [1.82, 2.24) is 0 Å². The molecule has 1 fully saturated rings. The molecule has 1 saturated heterocycles. The predicted octanol–water partition coefficient (Wildman–Crippen LogP) is 4.16. The minimum absolute atomic E-state index is 0.110. The van der Waals surface area contributed by atoms with Gasteiger partial charge < -0.3 is 20.1 Å². The number of anilines is 2. The minimum atomic E-state index is -1.18. The first-order chi connectivity index (χ1) is 14.3. The summed E-state index contributed by atoms with van der Waals surface area (Å²) in [6, 6.07) is 5.78. The van der Waals surface area contributed by atoms with Crippen LogP contribution in [0.15, 0.2) is 28.7 Å². The van der Waals surface area contributed by atoms with Gasteiger partial charge in [-0.15, -0.1) is 0 Å². The van der Waals surface area contributed by atoms with Crippen LogP contribution >= 0.6 is 15.9 Å². The largest absolute Gasteiger partial charge is 0.490 e. The van der Waals surface area contributed by atoms with E-state index in [4.69, 9.17) is 4.74 Å². The molecule has 2 aliphatic heterocycles. The van der Waals surface area contributed by atoms with Crippen LogP contribution in [0.3, 0.4) is 0 Å². The van der Waals surface area contributed by atoms with Gasteiger partial charge in [-0.2, -0.15) is 0 Å².